The lowest BCUT2D eigenvalue weighted by molar-refractivity contribution is 0.474. The van der Waals surface area contributed by atoms with Crippen molar-refractivity contribution in [2.75, 3.05) is 0 Å². The van der Waals surface area contributed by atoms with Crippen LogP contribution in [0.3, 0.4) is 0 Å². The Morgan fingerprint density at radius 3 is 2.50 bits per heavy atom. The Balaban J connectivity index is 2.14. The van der Waals surface area contributed by atoms with Crippen LogP contribution in [0.1, 0.15) is 26.3 Å². The molecule has 0 unspecified atom stereocenters. The summed E-state index contributed by atoms with van der Waals surface area (Å²) in [5.74, 6) is 0.624. The van der Waals surface area contributed by atoms with E-state index in [0.29, 0.717) is 11.5 Å². The van der Waals surface area contributed by atoms with Crippen LogP contribution in [0.4, 0.5) is 0 Å². The second-order valence-corrected chi connectivity index (χ2v) is 5.97. The van der Waals surface area contributed by atoms with Gasteiger partial charge in [0.2, 0.25) is 5.89 Å². The molecule has 0 bridgehead atoms. The SMILES string of the molecule is CC(C)(C)c1ccc2oc(-c3ccccc3O)nc2c1. The van der Waals surface area contributed by atoms with E-state index < -0.39 is 0 Å². The summed E-state index contributed by atoms with van der Waals surface area (Å²) < 4.78 is 5.73. The van der Waals surface area contributed by atoms with Crippen LogP contribution in [-0.4, -0.2) is 10.1 Å². The first kappa shape index (κ1) is 12.7. The molecule has 0 saturated carbocycles. The first-order valence-corrected chi connectivity index (χ1v) is 6.64. The summed E-state index contributed by atoms with van der Waals surface area (Å²) in [4.78, 5) is 4.49. The van der Waals surface area contributed by atoms with Gasteiger partial charge in [-0.1, -0.05) is 39.0 Å². The van der Waals surface area contributed by atoms with E-state index in [1.165, 1.54) is 5.56 Å². The van der Waals surface area contributed by atoms with Crippen molar-refractivity contribution in [3.8, 4) is 17.2 Å². The number of hydrogen-bond donors (Lipinski definition) is 1. The number of aromatic hydroxyl groups is 1. The predicted molar refractivity (Wildman–Crippen MR) is 79.8 cm³/mol. The van der Waals surface area contributed by atoms with E-state index in [9.17, 15) is 5.11 Å². The lowest BCUT2D eigenvalue weighted by atomic mass is 9.87. The van der Waals surface area contributed by atoms with Crippen molar-refractivity contribution in [3.05, 3.63) is 48.0 Å². The van der Waals surface area contributed by atoms with E-state index in [1.54, 1.807) is 18.2 Å². The molecule has 3 rings (SSSR count). The Kier molecular flexibility index (Phi) is 2.78. The van der Waals surface area contributed by atoms with Gasteiger partial charge < -0.3 is 9.52 Å². The molecule has 102 valence electrons. The number of aromatic nitrogens is 1. The molecule has 20 heavy (non-hydrogen) atoms. The van der Waals surface area contributed by atoms with Crippen molar-refractivity contribution in [2.45, 2.75) is 26.2 Å². The lowest BCUT2D eigenvalue weighted by Crippen LogP contribution is -2.10. The summed E-state index contributed by atoms with van der Waals surface area (Å²) >= 11 is 0. The summed E-state index contributed by atoms with van der Waals surface area (Å²) in [5, 5.41) is 9.87. The number of nitrogens with zero attached hydrogens (tertiary/aromatic N) is 1. The van der Waals surface area contributed by atoms with Gasteiger partial charge in [-0.25, -0.2) is 4.98 Å². The van der Waals surface area contributed by atoms with Crippen LogP contribution in [0.2, 0.25) is 0 Å². The predicted octanol–water partition coefficient (Wildman–Crippen LogP) is 4.50. The monoisotopic (exact) mass is 267 g/mol. The van der Waals surface area contributed by atoms with Gasteiger partial charge in [-0.2, -0.15) is 0 Å². The molecular formula is C17H17NO2. The first-order chi connectivity index (χ1) is 9.45. The van der Waals surface area contributed by atoms with E-state index in [-0.39, 0.29) is 11.2 Å². The fourth-order valence-corrected chi connectivity index (χ4v) is 2.16. The zero-order valence-corrected chi connectivity index (χ0v) is 11.8. The lowest BCUT2D eigenvalue weighted by Gasteiger charge is -2.18. The summed E-state index contributed by atoms with van der Waals surface area (Å²) in [6.45, 7) is 6.49. The Hall–Kier alpha value is -2.29. The van der Waals surface area contributed by atoms with Gasteiger partial charge in [0.1, 0.15) is 11.3 Å². The largest absolute Gasteiger partial charge is 0.507 e. The second kappa shape index (κ2) is 4.37. The van der Waals surface area contributed by atoms with Gasteiger partial charge in [0.25, 0.3) is 0 Å². The molecule has 0 aliphatic rings. The van der Waals surface area contributed by atoms with Crippen molar-refractivity contribution in [3.63, 3.8) is 0 Å². The number of benzene rings is 2. The van der Waals surface area contributed by atoms with E-state index in [0.717, 1.165) is 11.1 Å². The second-order valence-electron chi connectivity index (χ2n) is 5.97. The van der Waals surface area contributed by atoms with Gasteiger partial charge in [0.05, 0.1) is 5.56 Å². The number of rotatable bonds is 1. The van der Waals surface area contributed by atoms with Crippen LogP contribution in [0, 0.1) is 0 Å². The fourth-order valence-electron chi connectivity index (χ4n) is 2.16. The molecule has 1 aromatic heterocycles. The Morgan fingerprint density at radius 2 is 1.80 bits per heavy atom. The molecular weight excluding hydrogens is 250 g/mol. The zero-order valence-electron chi connectivity index (χ0n) is 11.8. The molecule has 0 spiro atoms. The minimum absolute atomic E-state index is 0.0716. The van der Waals surface area contributed by atoms with E-state index in [4.69, 9.17) is 4.42 Å². The molecule has 0 radical (unpaired) electrons. The number of oxazole rings is 1. The van der Waals surface area contributed by atoms with Gasteiger partial charge >= 0.3 is 0 Å². The molecule has 0 aliphatic heterocycles. The molecule has 3 nitrogen and oxygen atoms in total. The molecule has 0 saturated heterocycles. The molecule has 0 fully saturated rings. The molecule has 0 atom stereocenters. The highest BCUT2D eigenvalue weighted by molar-refractivity contribution is 5.78. The maximum Gasteiger partial charge on any atom is 0.231 e. The van der Waals surface area contributed by atoms with Gasteiger partial charge in [-0.15, -0.1) is 0 Å². The third-order valence-electron chi connectivity index (χ3n) is 3.39. The Morgan fingerprint density at radius 1 is 1.05 bits per heavy atom. The van der Waals surface area contributed by atoms with Crippen molar-refractivity contribution in [2.24, 2.45) is 0 Å². The summed E-state index contributed by atoms with van der Waals surface area (Å²) in [5.41, 5.74) is 3.44. The number of phenols is 1. The number of hydrogen-bond acceptors (Lipinski definition) is 3. The minimum Gasteiger partial charge on any atom is -0.507 e. The maximum absolute atomic E-state index is 9.87. The van der Waals surface area contributed by atoms with Crippen LogP contribution in [-0.2, 0) is 5.41 Å². The molecule has 2 aromatic carbocycles. The van der Waals surface area contributed by atoms with Crippen LogP contribution in [0.5, 0.6) is 5.75 Å². The summed E-state index contributed by atoms with van der Waals surface area (Å²) in [6.07, 6.45) is 0. The quantitative estimate of drug-likeness (QED) is 0.706. The van der Waals surface area contributed by atoms with Gasteiger partial charge in [-0.05, 0) is 35.2 Å². The summed E-state index contributed by atoms with van der Waals surface area (Å²) in [6, 6.07) is 13.1. The molecule has 0 aliphatic carbocycles. The van der Waals surface area contributed by atoms with E-state index in [1.807, 2.05) is 18.2 Å². The highest BCUT2D eigenvalue weighted by atomic mass is 16.3. The van der Waals surface area contributed by atoms with Gasteiger partial charge in [0.15, 0.2) is 5.58 Å². The van der Waals surface area contributed by atoms with E-state index in [2.05, 4.69) is 31.8 Å². The average Bonchev–Trinajstić information content (AvgIpc) is 2.80. The van der Waals surface area contributed by atoms with Crippen molar-refractivity contribution < 1.29 is 9.52 Å². The third-order valence-corrected chi connectivity index (χ3v) is 3.39. The third kappa shape index (κ3) is 2.16. The average molecular weight is 267 g/mol. The molecule has 1 heterocycles. The molecule has 3 aromatic rings. The van der Waals surface area contributed by atoms with Crippen LogP contribution in [0.15, 0.2) is 46.9 Å². The minimum atomic E-state index is 0.0716. The van der Waals surface area contributed by atoms with E-state index >= 15 is 0 Å². The fraction of sp³-hybridized carbons (Fsp3) is 0.235. The summed E-state index contributed by atoms with van der Waals surface area (Å²) in [7, 11) is 0. The highest BCUT2D eigenvalue weighted by Gasteiger charge is 2.17. The number of phenolic OH excluding ortho intramolecular Hbond substituents is 1. The maximum atomic E-state index is 9.87. The number of para-hydroxylation sites is 1. The van der Waals surface area contributed by atoms with Crippen LogP contribution in [0.25, 0.3) is 22.6 Å². The first-order valence-electron chi connectivity index (χ1n) is 6.64. The Bertz CT molecular complexity index is 766. The van der Waals surface area contributed by atoms with Crippen molar-refractivity contribution in [1.29, 1.82) is 0 Å². The van der Waals surface area contributed by atoms with Gasteiger partial charge in [0, 0.05) is 0 Å². The number of fused-ring (bicyclic) bond motifs is 1. The topological polar surface area (TPSA) is 46.3 Å². The molecule has 3 heteroatoms. The van der Waals surface area contributed by atoms with Crippen LogP contribution >= 0.6 is 0 Å². The van der Waals surface area contributed by atoms with Crippen molar-refractivity contribution >= 4 is 11.1 Å². The van der Waals surface area contributed by atoms with Crippen molar-refractivity contribution in [1.82, 2.24) is 4.98 Å². The van der Waals surface area contributed by atoms with Gasteiger partial charge in [-0.3, -0.25) is 0 Å². The smallest absolute Gasteiger partial charge is 0.231 e. The van der Waals surface area contributed by atoms with Crippen LogP contribution < -0.4 is 0 Å². The normalized spacial score (nSPS) is 11.9. The highest BCUT2D eigenvalue weighted by Crippen LogP contribution is 2.32. The standard InChI is InChI=1S/C17H17NO2/c1-17(2,3)11-8-9-15-13(10-11)18-16(20-15)12-6-4-5-7-14(12)19/h4-10,19H,1-3H3. The molecule has 1 N–H and O–H groups in total. The Labute approximate surface area is 117 Å². The molecule has 0 amide bonds. The zero-order chi connectivity index (χ0) is 14.3.